The Morgan fingerprint density at radius 1 is 0.941 bits per heavy atom. The number of anilines is 1. The van der Waals surface area contributed by atoms with Crippen LogP contribution in [-0.2, 0) is 11.4 Å². The van der Waals surface area contributed by atoms with Crippen LogP contribution < -0.4 is 10.1 Å². The average molecular weight is 508 g/mol. The van der Waals surface area contributed by atoms with Gasteiger partial charge < -0.3 is 10.1 Å². The second-order valence-electron chi connectivity index (χ2n) is 7.37. The second-order valence-corrected chi connectivity index (χ2v) is 8.62. The normalized spacial score (nSPS) is 11.2. The van der Waals surface area contributed by atoms with E-state index >= 15 is 0 Å². The van der Waals surface area contributed by atoms with Crippen LogP contribution >= 0.6 is 34.8 Å². The van der Waals surface area contributed by atoms with Crippen LogP contribution in [0.25, 0.3) is 16.8 Å². The zero-order chi connectivity index (χ0) is 24.1. The van der Waals surface area contributed by atoms with Crippen LogP contribution in [0.15, 0.2) is 84.4 Å². The summed E-state index contributed by atoms with van der Waals surface area (Å²) in [5, 5.41) is 15.4. The number of benzene rings is 4. The highest BCUT2D eigenvalue weighted by Gasteiger charge is 2.14. The van der Waals surface area contributed by atoms with Crippen LogP contribution in [-0.4, -0.2) is 5.91 Å². The van der Waals surface area contributed by atoms with E-state index < -0.39 is 5.91 Å². The molecule has 0 aromatic heterocycles. The second kappa shape index (κ2) is 10.6. The molecule has 4 nitrogen and oxygen atoms in total. The Hall–Kier alpha value is -3.49. The van der Waals surface area contributed by atoms with E-state index in [1.165, 1.54) is 6.08 Å². The first-order chi connectivity index (χ1) is 16.4. The van der Waals surface area contributed by atoms with Crippen molar-refractivity contribution in [3.63, 3.8) is 0 Å². The van der Waals surface area contributed by atoms with Crippen LogP contribution in [0.1, 0.15) is 11.1 Å². The van der Waals surface area contributed by atoms with Crippen molar-refractivity contribution in [2.75, 3.05) is 5.32 Å². The number of nitrogens with zero attached hydrogens (tertiary/aromatic N) is 1. The van der Waals surface area contributed by atoms with E-state index in [-0.39, 0.29) is 22.2 Å². The monoisotopic (exact) mass is 506 g/mol. The Kier molecular flexibility index (Phi) is 7.40. The van der Waals surface area contributed by atoms with Crippen molar-refractivity contribution in [3.05, 3.63) is 111 Å². The lowest BCUT2D eigenvalue weighted by Gasteiger charge is -2.13. The van der Waals surface area contributed by atoms with Gasteiger partial charge in [-0.15, -0.1) is 0 Å². The van der Waals surface area contributed by atoms with E-state index in [0.717, 1.165) is 16.3 Å². The summed E-state index contributed by atoms with van der Waals surface area (Å²) in [5.41, 5.74) is 1.91. The van der Waals surface area contributed by atoms with Crippen molar-refractivity contribution in [2.45, 2.75) is 6.61 Å². The van der Waals surface area contributed by atoms with E-state index in [1.54, 1.807) is 36.4 Å². The van der Waals surface area contributed by atoms with Crippen molar-refractivity contribution in [1.29, 1.82) is 5.26 Å². The van der Waals surface area contributed by atoms with Crippen LogP contribution in [0.4, 0.5) is 5.69 Å². The molecule has 34 heavy (non-hydrogen) atoms. The van der Waals surface area contributed by atoms with Crippen molar-refractivity contribution in [2.24, 2.45) is 0 Å². The van der Waals surface area contributed by atoms with Gasteiger partial charge in [-0.1, -0.05) is 77.3 Å². The zero-order valence-electron chi connectivity index (χ0n) is 17.7. The van der Waals surface area contributed by atoms with Crippen LogP contribution in [0, 0.1) is 11.3 Å². The Balaban J connectivity index is 1.53. The van der Waals surface area contributed by atoms with Gasteiger partial charge in [0.1, 0.15) is 18.2 Å². The van der Waals surface area contributed by atoms with Gasteiger partial charge in [0, 0.05) is 10.7 Å². The minimum absolute atomic E-state index is 0.105. The highest BCUT2D eigenvalue weighted by Crippen LogP contribution is 2.36. The standard InChI is InChI=1S/C27H17Cl3N2O2/c28-21-8-10-22(11-9-21)32-27(33)20(15-31)12-17-13-24(29)26(25(30)14-17)34-16-19-6-3-5-18-4-1-2-7-23(18)19/h1-14H,16H2,(H,32,33)/b20-12-. The molecule has 0 aliphatic rings. The molecule has 0 aliphatic heterocycles. The molecule has 0 unspecified atom stereocenters. The lowest BCUT2D eigenvalue weighted by molar-refractivity contribution is -0.112. The van der Waals surface area contributed by atoms with E-state index in [1.807, 2.05) is 48.5 Å². The molecule has 4 aromatic rings. The number of ether oxygens (including phenoxy) is 1. The number of carbonyl (C=O) groups is 1. The van der Waals surface area contributed by atoms with Gasteiger partial charge in [0.15, 0.2) is 5.75 Å². The van der Waals surface area contributed by atoms with Gasteiger partial charge >= 0.3 is 0 Å². The molecular formula is C27H17Cl3N2O2. The molecular weight excluding hydrogens is 491 g/mol. The average Bonchev–Trinajstić information content (AvgIpc) is 2.83. The van der Waals surface area contributed by atoms with Crippen molar-refractivity contribution in [1.82, 2.24) is 0 Å². The number of rotatable bonds is 6. The summed E-state index contributed by atoms with van der Waals surface area (Å²) in [7, 11) is 0. The van der Waals surface area contributed by atoms with E-state index in [9.17, 15) is 10.1 Å². The number of nitriles is 1. The fourth-order valence-electron chi connectivity index (χ4n) is 3.42. The van der Waals surface area contributed by atoms with Gasteiger partial charge in [-0.2, -0.15) is 5.26 Å². The molecule has 0 bridgehead atoms. The highest BCUT2D eigenvalue weighted by molar-refractivity contribution is 6.37. The van der Waals surface area contributed by atoms with Gasteiger partial charge in [0.25, 0.3) is 5.91 Å². The Morgan fingerprint density at radius 2 is 1.62 bits per heavy atom. The molecule has 168 valence electrons. The molecule has 0 spiro atoms. The summed E-state index contributed by atoms with van der Waals surface area (Å²) in [6, 6.07) is 25.7. The SMILES string of the molecule is N#C/C(=C/c1cc(Cl)c(OCc2cccc3ccccc23)c(Cl)c1)C(=O)Nc1ccc(Cl)cc1. The van der Waals surface area contributed by atoms with Crippen LogP contribution in [0.3, 0.4) is 0 Å². The molecule has 0 saturated heterocycles. The van der Waals surface area contributed by atoms with Crippen molar-refractivity contribution in [3.8, 4) is 11.8 Å². The van der Waals surface area contributed by atoms with E-state index in [4.69, 9.17) is 39.5 Å². The van der Waals surface area contributed by atoms with E-state index in [0.29, 0.717) is 22.0 Å². The number of amides is 1. The summed E-state index contributed by atoms with van der Waals surface area (Å²) in [6.07, 6.45) is 1.41. The quantitative estimate of drug-likeness (QED) is 0.213. The van der Waals surface area contributed by atoms with Crippen LogP contribution in [0.5, 0.6) is 5.75 Å². The van der Waals surface area contributed by atoms with Gasteiger partial charge in [0.2, 0.25) is 0 Å². The maximum absolute atomic E-state index is 12.5. The van der Waals surface area contributed by atoms with Crippen molar-refractivity contribution >= 4 is 63.2 Å². The molecule has 1 amide bonds. The molecule has 0 radical (unpaired) electrons. The third-order valence-corrected chi connectivity index (χ3v) is 5.86. The summed E-state index contributed by atoms with van der Waals surface area (Å²) in [6.45, 7) is 0.281. The number of halogens is 3. The smallest absolute Gasteiger partial charge is 0.266 e. The lowest BCUT2D eigenvalue weighted by Crippen LogP contribution is -2.13. The van der Waals surface area contributed by atoms with Gasteiger partial charge in [-0.25, -0.2) is 0 Å². The molecule has 4 rings (SSSR count). The molecule has 0 fully saturated rings. The Morgan fingerprint density at radius 3 is 2.32 bits per heavy atom. The van der Waals surface area contributed by atoms with Crippen molar-refractivity contribution < 1.29 is 9.53 Å². The minimum atomic E-state index is -0.562. The molecule has 4 aromatic carbocycles. The summed E-state index contributed by atoms with van der Waals surface area (Å²) in [5.74, 6) is -0.231. The largest absolute Gasteiger partial charge is 0.486 e. The van der Waals surface area contributed by atoms with E-state index in [2.05, 4.69) is 5.32 Å². The number of hydrogen-bond donors (Lipinski definition) is 1. The first-order valence-corrected chi connectivity index (χ1v) is 11.3. The molecule has 0 atom stereocenters. The van der Waals surface area contributed by atoms with Gasteiger partial charge in [-0.05, 0) is 64.4 Å². The number of nitrogens with one attached hydrogen (secondary N) is 1. The number of fused-ring (bicyclic) bond motifs is 1. The zero-order valence-corrected chi connectivity index (χ0v) is 20.0. The summed E-state index contributed by atoms with van der Waals surface area (Å²) < 4.78 is 5.94. The van der Waals surface area contributed by atoms with Crippen LogP contribution in [0.2, 0.25) is 15.1 Å². The Labute approximate surface area is 211 Å². The maximum Gasteiger partial charge on any atom is 0.266 e. The number of carbonyl (C=O) groups excluding carboxylic acids is 1. The fourth-order valence-corrected chi connectivity index (χ4v) is 4.15. The molecule has 1 N–H and O–H groups in total. The topological polar surface area (TPSA) is 62.1 Å². The first kappa shape index (κ1) is 23.7. The summed E-state index contributed by atoms with van der Waals surface area (Å²) >= 11 is 18.7. The highest BCUT2D eigenvalue weighted by atomic mass is 35.5. The molecule has 0 aliphatic carbocycles. The third-order valence-electron chi connectivity index (χ3n) is 5.05. The molecule has 7 heteroatoms. The maximum atomic E-state index is 12.5. The predicted molar refractivity (Wildman–Crippen MR) is 138 cm³/mol. The molecule has 0 heterocycles. The number of hydrogen-bond acceptors (Lipinski definition) is 3. The molecule has 0 saturated carbocycles. The fraction of sp³-hybridized carbons (Fsp3) is 0.0370. The van der Waals surface area contributed by atoms with Gasteiger partial charge in [-0.3, -0.25) is 4.79 Å². The summed E-state index contributed by atoms with van der Waals surface area (Å²) in [4.78, 5) is 12.5. The minimum Gasteiger partial charge on any atom is -0.486 e. The third kappa shape index (κ3) is 5.52. The lowest BCUT2D eigenvalue weighted by atomic mass is 10.1. The van der Waals surface area contributed by atoms with Gasteiger partial charge in [0.05, 0.1) is 10.0 Å². The Bertz CT molecular complexity index is 1410. The first-order valence-electron chi connectivity index (χ1n) is 10.2. The predicted octanol–water partition coefficient (Wildman–Crippen LogP) is 7.92.